The van der Waals surface area contributed by atoms with Crippen LogP contribution in [0.25, 0.3) is 11.1 Å². The molecule has 310 valence electrons. The Bertz CT molecular complexity index is 1760. The Labute approximate surface area is 329 Å². The van der Waals surface area contributed by atoms with Crippen LogP contribution in [0.2, 0.25) is 0 Å². The number of carbonyl (C=O) groups is 7. The Morgan fingerprint density at radius 3 is 1.93 bits per heavy atom. The van der Waals surface area contributed by atoms with Crippen LogP contribution in [-0.4, -0.2) is 115 Å². The summed E-state index contributed by atoms with van der Waals surface area (Å²) < 4.78 is 31.1. The Morgan fingerprint density at radius 1 is 0.772 bits per heavy atom. The number of aliphatic carboxylic acids is 1. The molecule has 3 atom stereocenters. The first kappa shape index (κ1) is 43.7. The van der Waals surface area contributed by atoms with Crippen molar-refractivity contribution in [3.8, 4) is 11.1 Å². The minimum absolute atomic E-state index is 0.00899. The number of carbonyl (C=O) groups excluding carboxylic acids is 6. The van der Waals surface area contributed by atoms with Gasteiger partial charge in [0.1, 0.15) is 36.0 Å². The number of rotatable bonds is 14. The molecule has 2 aromatic rings. The third-order valence-electron chi connectivity index (χ3n) is 8.49. The zero-order chi connectivity index (χ0) is 41.9. The summed E-state index contributed by atoms with van der Waals surface area (Å²) >= 11 is 0. The number of amides is 4. The number of hydrogen-bond donors (Lipinski definition) is 4. The molecular weight excluding hydrogens is 748 g/mol. The molecule has 4 amide bonds. The zero-order valence-electron chi connectivity index (χ0n) is 32.8. The van der Waals surface area contributed by atoms with Crippen LogP contribution in [0.1, 0.15) is 77.8 Å². The molecule has 0 spiro atoms. The number of nitrogens with one attached hydrogen (secondary N) is 3. The smallest absolute Gasteiger partial charge is 0.410 e. The number of carboxylic acids is 1. The highest BCUT2D eigenvalue weighted by Gasteiger charge is 2.43. The predicted octanol–water partition coefficient (Wildman–Crippen LogP) is 4.43. The minimum atomic E-state index is -1.27. The van der Waals surface area contributed by atoms with E-state index in [0.29, 0.717) is 0 Å². The van der Waals surface area contributed by atoms with Crippen LogP contribution in [0.3, 0.4) is 0 Å². The summed E-state index contributed by atoms with van der Waals surface area (Å²) in [5.74, 6) is -3.11. The van der Waals surface area contributed by atoms with Crippen LogP contribution in [0.5, 0.6) is 0 Å². The number of fused-ring (bicyclic) bond motifs is 3. The lowest BCUT2D eigenvalue weighted by molar-refractivity contribution is -0.158. The third-order valence-corrected chi connectivity index (χ3v) is 8.49. The van der Waals surface area contributed by atoms with Gasteiger partial charge in [-0.2, -0.15) is 0 Å². The topological polar surface area (TPSA) is 234 Å². The number of hydrogen-bond acceptors (Lipinski definition) is 13. The van der Waals surface area contributed by atoms with E-state index in [1.165, 1.54) is 0 Å². The van der Waals surface area contributed by atoms with Crippen LogP contribution >= 0.6 is 0 Å². The number of alkyl carbamates (subject to hydrolysis) is 3. The summed E-state index contributed by atoms with van der Waals surface area (Å²) in [5.41, 5.74) is 2.40. The number of ether oxygens (including phenoxy) is 6. The molecule has 18 heteroatoms. The van der Waals surface area contributed by atoms with Crippen molar-refractivity contribution in [2.75, 3.05) is 33.0 Å². The number of esters is 2. The second-order valence-corrected chi connectivity index (χ2v) is 15.3. The lowest BCUT2D eigenvalue weighted by Crippen LogP contribution is -2.46. The first-order valence-corrected chi connectivity index (χ1v) is 18.4. The molecule has 0 aromatic heterocycles. The van der Waals surface area contributed by atoms with Gasteiger partial charge in [-0.05, 0) is 70.2 Å². The van der Waals surface area contributed by atoms with Crippen molar-refractivity contribution in [2.45, 2.75) is 96.1 Å². The number of likely N-dealkylation sites (tertiary alicyclic amines) is 1. The Kier molecular flexibility index (Phi) is 14.7. The lowest BCUT2D eigenvalue weighted by Gasteiger charge is -2.26. The number of benzene rings is 2. The summed E-state index contributed by atoms with van der Waals surface area (Å²) in [4.78, 5) is 87.8. The maximum absolute atomic E-state index is 13.1. The summed E-state index contributed by atoms with van der Waals surface area (Å²) in [6, 6.07) is 13.1. The fraction of sp³-hybridized carbons (Fsp3) is 0.513. The summed E-state index contributed by atoms with van der Waals surface area (Å²) in [5, 5.41) is 16.9. The van der Waals surface area contributed by atoms with E-state index in [1.54, 1.807) is 41.5 Å². The SMILES string of the molecule is CC(C)(C)OC(=O)N[C@@H](CCC(=O)OCOC(=O)NCCNC(=O)O[C@@H]1C[C@@H](C(=O)O)N(C(=O)OCC2c3ccccc3-c3ccccc32)C1)C(=O)OC(C)(C)C. The fourth-order valence-electron chi connectivity index (χ4n) is 6.12. The van der Waals surface area contributed by atoms with E-state index in [0.717, 1.165) is 27.2 Å². The molecule has 4 N–H and O–H groups in total. The normalized spacial score (nSPS) is 16.6. The van der Waals surface area contributed by atoms with Gasteiger partial charge >= 0.3 is 42.3 Å². The van der Waals surface area contributed by atoms with Crippen molar-refractivity contribution in [3.05, 3.63) is 59.7 Å². The summed E-state index contributed by atoms with van der Waals surface area (Å²) in [6.45, 7) is 8.67. The van der Waals surface area contributed by atoms with Gasteiger partial charge in [0.15, 0.2) is 0 Å². The highest BCUT2D eigenvalue weighted by atomic mass is 16.7. The van der Waals surface area contributed by atoms with Gasteiger partial charge < -0.3 is 49.5 Å². The molecule has 1 saturated heterocycles. The maximum atomic E-state index is 13.1. The van der Waals surface area contributed by atoms with E-state index in [1.807, 2.05) is 48.5 Å². The highest BCUT2D eigenvalue weighted by molar-refractivity contribution is 5.83. The molecule has 4 rings (SSSR count). The van der Waals surface area contributed by atoms with Gasteiger partial charge in [0.05, 0.1) is 6.54 Å². The van der Waals surface area contributed by atoms with E-state index < -0.39 is 78.5 Å². The van der Waals surface area contributed by atoms with Gasteiger partial charge in [-0.3, -0.25) is 9.69 Å². The van der Waals surface area contributed by atoms with Crippen LogP contribution in [0.4, 0.5) is 19.2 Å². The molecule has 2 aliphatic rings. The van der Waals surface area contributed by atoms with E-state index >= 15 is 0 Å². The van der Waals surface area contributed by atoms with Crippen molar-refractivity contribution >= 4 is 42.3 Å². The number of nitrogens with zero attached hydrogens (tertiary/aromatic N) is 1. The van der Waals surface area contributed by atoms with Crippen LogP contribution in [0.15, 0.2) is 48.5 Å². The van der Waals surface area contributed by atoms with Crippen molar-refractivity contribution in [1.82, 2.24) is 20.9 Å². The minimum Gasteiger partial charge on any atom is -0.480 e. The van der Waals surface area contributed by atoms with Crippen LogP contribution in [-0.2, 0) is 42.8 Å². The third kappa shape index (κ3) is 13.3. The molecule has 0 unspecified atom stereocenters. The van der Waals surface area contributed by atoms with E-state index in [4.69, 9.17) is 28.4 Å². The quantitative estimate of drug-likeness (QED) is 0.0896. The monoisotopic (exact) mass is 798 g/mol. The molecule has 0 saturated carbocycles. The second-order valence-electron chi connectivity index (χ2n) is 15.3. The average molecular weight is 799 g/mol. The molecular formula is C39H50N4O14. The highest BCUT2D eigenvalue weighted by Crippen LogP contribution is 2.44. The van der Waals surface area contributed by atoms with Gasteiger partial charge in [0.25, 0.3) is 0 Å². The Hall–Kier alpha value is -6.07. The molecule has 1 fully saturated rings. The first-order valence-electron chi connectivity index (χ1n) is 18.4. The standard InChI is InChI=1S/C39H50N4O14/c1-38(2,3)56-33(47)29(42-36(50)57-39(4,5)6)15-16-31(44)53-22-54-34(48)40-17-18-41-35(49)55-23-19-30(32(45)46)43(20-23)37(51)52-21-28-26-13-9-7-11-24(26)25-12-8-10-14-27(25)28/h7-14,23,28-30H,15-22H2,1-6H3,(H,40,48)(H,41,49)(H,42,50)(H,45,46)/t23-,29+,30+/m1/s1. The summed E-state index contributed by atoms with van der Waals surface area (Å²) in [7, 11) is 0. The molecule has 0 radical (unpaired) electrons. The van der Waals surface area contributed by atoms with Gasteiger partial charge in [-0.1, -0.05) is 48.5 Å². The molecule has 1 aliphatic carbocycles. The largest absolute Gasteiger partial charge is 0.480 e. The summed E-state index contributed by atoms with van der Waals surface area (Å²) in [6.07, 6.45) is -5.23. The second kappa shape index (κ2) is 19.2. The molecule has 1 aliphatic heterocycles. The molecule has 57 heavy (non-hydrogen) atoms. The molecule has 0 bridgehead atoms. The van der Waals surface area contributed by atoms with Gasteiger partial charge in [0, 0.05) is 31.8 Å². The van der Waals surface area contributed by atoms with Crippen LogP contribution < -0.4 is 16.0 Å². The Balaban J connectivity index is 1.13. The molecule has 18 nitrogen and oxygen atoms in total. The van der Waals surface area contributed by atoms with E-state index in [2.05, 4.69) is 16.0 Å². The van der Waals surface area contributed by atoms with Crippen molar-refractivity contribution in [2.24, 2.45) is 0 Å². The zero-order valence-corrected chi connectivity index (χ0v) is 32.8. The van der Waals surface area contributed by atoms with Gasteiger partial charge in [-0.15, -0.1) is 0 Å². The lowest BCUT2D eigenvalue weighted by atomic mass is 9.98. The van der Waals surface area contributed by atoms with Crippen LogP contribution in [0, 0.1) is 0 Å². The molecule has 2 aromatic carbocycles. The van der Waals surface area contributed by atoms with Gasteiger partial charge in [-0.25, -0.2) is 28.8 Å². The predicted molar refractivity (Wildman–Crippen MR) is 200 cm³/mol. The number of carboxylic acid groups (broad SMARTS) is 1. The van der Waals surface area contributed by atoms with Crippen molar-refractivity contribution in [1.29, 1.82) is 0 Å². The maximum Gasteiger partial charge on any atom is 0.410 e. The van der Waals surface area contributed by atoms with Crippen molar-refractivity contribution < 1.29 is 67.1 Å². The van der Waals surface area contributed by atoms with E-state index in [9.17, 15) is 38.7 Å². The first-order chi connectivity index (χ1) is 26.8. The van der Waals surface area contributed by atoms with E-state index in [-0.39, 0.29) is 51.4 Å². The average Bonchev–Trinajstić information content (AvgIpc) is 3.69. The van der Waals surface area contributed by atoms with Gasteiger partial charge in [0.2, 0.25) is 6.79 Å². The fourth-order valence-corrected chi connectivity index (χ4v) is 6.12. The Morgan fingerprint density at radius 2 is 1.35 bits per heavy atom. The van der Waals surface area contributed by atoms with Crippen molar-refractivity contribution in [3.63, 3.8) is 0 Å². The molecule has 1 heterocycles.